The molecule has 0 saturated carbocycles. The maximum Gasteiger partial charge on any atom is 0.249 e. The molecular weight excluding hydrogens is 381 g/mol. The van der Waals surface area contributed by atoms with Crippen molar-refractivity contribution in [1.29, 1.82) is 0 Å². The molecule has 1 heterocycles. The molecule has 0 fully saturated rings. The highest BCUT2D eigenvalue weighted by Gasteiger charge is 2.36. The summed E-state index contributed by atoms with van der Waals surface area (Å²) in [5.41, 5.74) is 2.65. The van der Waals surface area contributed by atoms with Crippen molar-refractivity contribution in [1.82, 2.24) is 4.90 Å². The van der Waals surface area contributed by atoms with Gasteiger partial charge in [0.15, 0.2) is 11.5 Å². The molecule has 0 spiro atoms. The zero-order valence-electron chi connectivity index (χ0n) is 16.4. The first-order valence-corrected chi connectivity index (χ1v) is 9.43. The summed E-state index contributed by atoms with van der Waals surface area (Å²) in [6.07, 6.45) is 2.38. The zero-order valence-corrected chi connectivity index (χ0v) is 17.1. The van der Waals surface area contributed by atoms with Crippen molar-refractivity contribution < 1.29 is 18.7 Å². The Balaban J connectivity index is 2.26. The van der Waals surface area contributed by atoms with Crippen molar-refractivity contribution in [2.24, 2.45) is 0 Å². The summed E-state index contributed by atoms with van der Waals surface area (Å²) in [7, 11) is 3.12. The van der Waals surface area contributed by atoms with Crippen molar-refractivity contribution >= 4 is 17.5 Å². The van der Waals surface area contributed by atoms with E-state index in [0.29, 0.717) is 30.0 Å². The highest BCUT2D eigenvalue weighted by atomic mass is 35.5. The number of ether oxygens (including phenoxy) is 2. The van der Waals surface area contributed by atoms with Gasteiger partial charge in [0.25, 0.3) is 0 Å². The van der Waals surface area contributed by atoms with Crippen LogP contribution in [0.3, 0.4) is 0 Å². The lowest BCUT2D eigenvalue weighted by molar-refractivity contribution is -0.129. The minimum atomic E-state index is -0.653. The number of hydrogen-bond acceptors (Lipinski definition) is 3. The summed E-state index contributed by atoms with van der Waals surface area (Å²) in [6.45, 7) is 4.01. The van der Waals surface area contributed by atoms with Gasteiger partial charge in [-0.05, 0) is 55.7 Å². The zero-order chi connectivity index (χ0) is 20.4. The fourth-order valence-electron chi connectivity index (χ4n) is 3.60. The lowest BCUT2D eigenvalue weighted by Crippen LogP contribution is -2.41. The Hall–Kier alpha value is -2.53. The van der Waals surface area contributed by atoms with E-state index >= 15 is 0 Å². The number of carbonyl (C=O) groups is 1. The number of benzene rings is 2. The van der Waals surface area contributed by atoms with Gasteiger partial charge in [0.05, 0.1) is 20.3 Å². The summed E-state index contributed by atoms with van der Waals surface area (Å²) in [5.74, 6) is 0.531. The van der Waals surface area contributed by atoms with Crippen LogP contribution < -0.4 is 9.47 Å². The van der Waals surface area contributed by atoms with E-state index in [-0.39, 0.29) is 16.5 Å². The molecule has 2 aromatic rings. The van der Waals surface area contributed by atoms with Gasteiger partial charge < -0.3 is 14.4 Å². The summed E-state index contributed by atoms with van der Waals surface area (Å²) in [6, 6.07) is 7.61. The third kappa shape index (κ3) is 3.47. The van der Waals surface area contributed by atoms with E-state index in [1.165, 1.54) is 6.07 Å². The second-order valence-electron chi connectivity index (χ2n) is 6.66. The number of amides is 1. The van der Waals surface area contributed by atoms with Crippen molar-refractivity contribution in [3.8, 4) is 11.5 Å². The molecule has 28 heavy (non-hydrogen) atoms. The van der Waals surface area contributed by atoms with Gasteiger partial charge in [-0.3, -0.25) is 4.79 Å². The lowest BCUT2D eigenvalue weighted by Gasteiger charge is -2.38. The van der Waals surface area contributed by atoms with Crippen LogP contribution >= 0.6 is 11.6 Å². The Morgan fingerprint density at radius 2 is 1.93 bits per heavy atom. The van der Waals surface area contributed by atoms with E-state index in [1.807, 2.05) is 19.1 Å². The SMILES string of the molecule is C/C=C(\C)C(=O)N1CCc2cc(OC)c(OC)cc2[C@@H]1c1c(F)cccc1Cl. The summed E-state index contributed by atoms with van der Waals surface area (Å²) in [4.78, 5) is 14.7. The van der Waals surface area contributed by atoms with E-state index < -0.39 is 11.9 Å². The van der Waals surface area contributed by atoms with Gasteiger partial charge in [-0.2, -0.15) is 0 Å². The minimum Gasteiger partial charge on any atom is -0.493 e. The first kappa shape index (κ1) is 20.2. The second kappa shape index (κ2) is 8.23. The van der Waals surface area contributed by atoms with Gasteiger partial charge >= 0.3 is 0 Å². The van der Waals surface area contributed by atoms with Gasteiger partial charge in [0, 0.05) is 22.7 Å². The molecule has 0 aromatic heterocycles. The van der Waals surface area contributed by atoms with Gasteiger partial charge in [0.1, 0.15) is 5.82 Å². The molecule has 1 atom stereocenters. The van der Waals surface area contributed by atoms with Crippen molar-refractivity contribution in [2.45, 2.75) is 26.3 Å². The van der Waals surface area contributed by atoms with Crippen LogP contribution in [0.1, 0.15) is 36.6 Å². The van der Waals surface area contributed by atoms with Crippen LogP contribution in [0.15, 0.2) is 42.0 Å². The molecule has 148 valence electrons. The van der Waals surface area contributed by atoms with Gasteiger partial charge in [0.2, 0.25) is 5.91 Å². The van der Waals surface area contributed by atoms with Crippen LogP contribution in [0.2, 0.25) is 5.02 Å². The molecule has 0 saturated heterocycles. The number of halogens is 2. The number of carbonyl (C=O) groups excluding carboxylic acids is 1. The maximum atomic E-state index is 14.9. The average Bonchev–Trinajstić information content (AvgIpc) is 2.71. The molecule has 6 heteroatoms. The smallest absolute Gasteiger partial charge is 0.249 e. The van der Waals surface area contributed by atoms with E-state index in [9.17, 15) is 9.18 Å². The lowest BCUT2D eigenvalue weighted by atomic mass is 9.87. The van der Waals surface area contributed by atoms with E-state index in [1.54, 1.807) is 44.3 Å². The average molecular weight is 404 g/mol. The predicted molar refractivity (Wildman–Crippen MR) is 108 cm³/mol. The Kier molecular flexibility index (Phi) is 5.94. The van der Waals surface area contributed by atoms with Crippen LogP contribution in [-0.4, -0.2) is 31.6 Å². The highest BCUT2D eigenvalue weighted by molar-refractivity contribution is 6.31. The molecule has 1 aliphatic heterocycles. The Bertz CT molecular complexity index is 921. The fraction of sp³-hybridized carbons (Fsp3) is 0.318. The summed E-state index contributed by atoms with van der Waals surface area (Å²) >= 11 is 6.40. The number of hydrogen-bond donors (Lipinski definition) is 0. The Morgan fingerprint density at radius 1 is 1.25 bits per heavy atom. The molecule has 0 N–H and O–H groups in total. The van der Waals surface area contributed by atoms with Crippen LogP contribution in [0, 0.1) is 5.82 Å². The highest BCUT2D eigenvalue weighted by Crippen LogP contribution is 2.43. The standard InChI is InChI=1S/C22H23ClFNO3/c1-5-13(2)22(26)25-10-9-14-11-18(27-3)19(28-4)12-15(14)21(25)20-16(23)7-6-8-17(20)24/h5-8,11-12,21H,9-10H2,1-4H3/b13-5+/t21-/m1/s1. The monoisotopic (exact) mass is 403 g/mol. The maximum absolute atomic E-state index is 14.9. The van der Waals surface area contributed by atoms with Gasteiger partial charge in [-0.25, -0.2) is 4.39 Å². The minimum absolute atomic E-state index is 0.146. The normalized spacial score (nSPS) is 16.6. The number of fused-ring (bicyclic) bond motifs is 1. The molecule has 4 nitrogen and oxygen atoms in total. The van der Waals surface area contributed by atoms with Crippen LogP contribution in [0.5, 0.6) is 11.5 Å². The summed E-state index contributed by atoms with van der Waals surface area (Å²) in [5, 5.41) is 0.281. The first-order chi connectivity index (χ1) is 13.4. The van der Waals surface area contributed by atoms with E-state index in [2.05, 4.69) is 0 Å². The number of allylic oxidation sites excluding steroid dienone is 1. The van der Waals surface area contributed by atoms with Gasteiger partial charge in [-0.1, -0.05) is 23.7 Å². The van der Waals surface area contributed by atoms with Crippen molar-refractivity contribution in [2.75, 3.05) is 20.8 Å². The molecule has 2 aromatic carbocycles. The summed E-state index contributed by atoms with van der Waals surface area (Å²) < 4.78 is 25.7. The third-order valence-corrected chi connectivity index (χ3v) is 5.51. The predicted octanol–water partition coefficient (Wildman–Crippen LogP) is 4.94. The third-order valence-electron chi connectivity index (χ3n) is 5.18. The molecule has 0 unspecified atom stereocenters. The first-order valence-electron chi connectivity index (χ1n) is 9.05. The molecular formula is C22H23ClFNO3. The second-order valence-corrected chi connectivity index (χ2v) is 7.07. The van der Waals surface area contributed by atoms with Gasteiger partial charge in [-0.15, -0.1) is 0 Å². The largest absolute Gasteiger partial charge is 0.493 e. The molecule has 0 radical (unpaired) electrons. The number of rotatable bonds is 4. The Morgan fingerprint density at radius 3 is 2.54 bits per heavy atom. The van der Waals surface area contributed by atoms with E-state index in [0.717, 1.165) is 11.1 Å². The molecule has 0 aliphatic carbocycles. The number of nitrogens with zero attached hydrogens (tertiary/aromatic N) is 1. The number of methoxy groups -OCH3 is 2. The quantitative estimate of drug-likeness (QED) is 0.679. The Labute approximate surface area is 169 Å². The molecule has 0 bridgehead atoms. The van der Waals surface area contributed by atoms with Crippen molar-refractivity contribution in [3.05, 3.63) is 69.5 Å². The topological polar surface area (TPSA) is 38.8 Å². The van der Waals surface area contributed by atoms with Crippen LogP contribution in [0.4, 0.5) is 4.39 Å². The van der Waals surface area contributed by atoms with Crippen molar-refractivity contribution in [3.63, 3.8) is 0 Å². The van der Waals surface area contributed by atoms with Crippen LogP contribution in [-0.2, 0) is 11.2 Å². The molecule has 1 amide bonds. The molecule has 3 rings (SSSR count). The van der Waals surface area contributed by atoms with Crippen LogP contribution in [0.25, 0.3) is 0 Å². The fourth-order valence-corrected chi connectivity index (χ4v) is 3.86. The van der Waals surface area contributed by atoms with E-state index in [4.69, 9.17) is 21.1 Å². The molecule has 1 aliphatic rings.